The van der Waals surface area contributed by atoms with E-state index < -0.39 is 20.8 Å². The van der Waals surface area contributed by atoms with Crippen LogP contribution in [0.3, 0.4) is 0 Å². The molecule has 0 aliphatic carbocycles. The van der Waals surface area contributed by atoms with Gasteiger partial charge >= 0.3 is 0 Å². The molecule has 0 amide bonds. The number of nitro benzene ring substituents is 1. The number of halogens is 1. The molecule has 0 saturated carbocycles. The number of para-hydroxylation sites is 1. The first-order chi connectivity index (χ1) is 13.8. The summed E-state index contributed by atoms with van der Waals surface area (Å²) in [5.74, 6) is -0.405. The zero-order valence-electron chi connectivity index (χ0n) is 15.0. The second kappa shape index (κ2) is 7.65. The fourth-order valence-corrected chi connectivity index (χ4v) is 5.53. The van der Waals surface area contributed by atoms with Crippen molar-refractivity contribution in [3.8, 4) is 5.19 Å². The Balaban J connectivity index is 1.41. The van der Waals surface area contributed by atoms with Gasteiger partial charge in [0, 0.05) is 25.2 Å². The number of ether oxygens (including phenoxy) is 1. The topological polar surface area (TPSA) is 103 Å². The number of benzene rings is 2. The van der Waals surface area contributed by atoms with Gasteiger partial charge in [-0.1, -0.05) is 17.4 Å². The van der Waals surface area contributed by atoms with Gasteiger partial charge in [0.25, 0.3) is 10.9 Å². The van der Waals surface area contributed by atoms with Gasteiger partial charge in [0.2, 0.25) is 10.0 Å². The number of nitro groups is 1. The van der Waals surface area contributed by atoms with Crippen LogP contribution >= 0.6 is 11.3 Å². The van der Waals surface area contributed by atoms with Crippen molar-refractivity contribution in [3.05, 3.63) is 58.4 Å². The number of sulfonamides is 1. The summed E-state index contributed by atoms with van der Waals surface area (Å²) >= 11 is 1.25. The summed E-state index contributed by atoms with van der Waals surface area (Å²) in [6, 6.07) is 9.55. The normalized spacial score (nSPS) is 16.2. The summed E-state index contributed by atoms with van der Waals surface area (Å²) in [7, 11) is -3.73. The number of hydrogen-bond donors (Lipinski definition) is 0. The van der Waals surface area contributed by atoms with Gasteiger partial charge in [0.1, 0.15) is 17.4 Å². The molecule has 3 aromatic rings. The van der Waals surface area contributed by atoms with E-state index in [9.17, 15) is 22.9 Å². The van der Waals surface area contributed by atoms with E-state index in [1.54, 1.807) is 12.1 Å². The van der Waals surface area contributed by atoms with Crippen molar-refractivity contribution in [2.24, 2.45) is 0 Å². The molecule has 152 valence electrons. The highest BCUT2D eigenvalue weighted by molar-refractivity contribution is 7.89. The summed E-state index contributed by atoms with van der Waals surface area (Å²) in [4.78, 5) is 14.4. The van der Waals surface area contributed by atoms with Crippen LogP contribution in [0.1, 0.15) is 12.8 Å². The summed E-state index contributed by atoms with van der Waals surface area (Å²) < 4.78 is 47.2. The molecule has 0 N–H and O–H groups in total. The molecule has 0 bridgehead atoms. The molecule has 1 aliphatic heterocycles. The Morgan fingerprint density at radius 1 is 1.17 bits per heavy atom. The number of rotatable bonds is 5. The van der Waals surface area contributed by atoms with E-state index in [1.807, 2.05) is 0 Å². The average Bonchev–Trinajstić information content (AvgIpc) is 3.12. The fraction of sp³-hybridized carbons (Fsp3) is 0.278. The minimum atomic E-state index is -3.73. The first kappa shape index (κ1) is 19.7. The van der Waals surface area contributed by atoms with E-state index in [-0.39, 0.29) is 35.3 Å². The monoisotopic (exact) mass is 437 g/mol. The van der Waals surface area contributed by atoms with Crippen molar-refractivity contribution in [2.75, 3.05) is 13.1 Å². The molecule has 1 aromatic heterocycles. The smallest absolute Gasteiger partial charge is 0.274 e. The van der Waals surface area contributed by atoms with Gasteiger partial charge in [-0.15, -0.1) is 0 Å². The predicted octanol–water partition coefficient (Wildman–Crippen LogP) is 3.58. The summed E-state index contributed by atoms with van der Waals surface area (Å²) in [6.45, 7) is 0.506. The maximum absolute atomic E-state index is 13.8. The lowest BCUT2D eigenvalue weighted by atomic mass is 10.1. The van der Waals surface area contributed by atoms with E-state index in [2.05, 4.69) is 4.98 Å². The van der Waals surface area contributed by atoms with Crippen LogP contribution in [0.25, 0.3) is 10.2 Å². The zero-order valence-corrected chi connectivity index (χ0v) is 16.7. The molecule has 11 heteroatoms. The molecule has 4 rings (SSSR count). The van der Waals surface area contributed by atoms with Crippen LogP contribution in [0, 0.1) is 15.9 Å². The predicted molar refractivity (Wildman–Crippen MR) is 105 cm³/mol. The fourth-order valence-electron chi connectivity index (χ4n) is 3.17. The van der Waals surface area contributed by atoms with Crippen LogP contribution in [0.15, 0.2) is 47.4 Å². The molecule has 0 unspecified atom stereocenters. The molecule has 1 fully saturated rings. The molecular weight excluding hydrogens is 421 g/mol. The van der Waals surface area contributed by atoms with E-state index >= 15 is 0 Å². The number of nitrogens with zero attached hydrogens (tertiary/aromatic N) is 3. The highest BCUT2D eigenvalue weighted by atomic mass is 32.2. The minimum absolute atomic E-state index is 0.0177. The molecule has 1 saturated heterocycles. The number of non-ortho nitro benzene ring substituents is 1. The number of hydrogen-bond acceptors (Lipinski definition) is 7. The van der Waals surface area contributed by atoms with Gasteiger partial charge in [-0.25, -0.2) is 12.8 Å². The van der Waals surface area contributed by atoms with Crippen molar-refractivity contribution < 1.29 is 22.5 Å². The Hall–Kier alpha value is -2.63. The highest BCUT2D eigenvalue weighted by Crippen LogP contribution is 2.31. The van der Waals surface area contributed by atoms with Crippen LogP contribution in [0.5, 0.6) is 5.19 Å². The Morgan fingerprint density at radius 3 is 2.48 bits per heavy atom. The number of aromatic nitrogens is 1. The van der Waals surface area contributed by atoms with Crippen LogP contribution in [0.4, 0.5) is 10.1 Å². The van der Waals surface area contributed by atoms with Gasteiger partial charge in [-0.3, -0.25) is 10.1 Å². The van der Waals surface area contributed by atoms with Gasteiger partial charge in [-0.05, 0) is 37.1 Å². The molecular formula is C18H16FN3O5S2. The minimum Gasteiger partial charge on any atom is -0.467 e. The maximum atomic E-state index is 13.8. The summed E-state index contributed by atoms with van der Waals surface area (Å²) in [5.41, 5.74) is 0.106. The highest BCUT2D eigenvalue weighted by Gasteiger charge is 2.31. The third-order valence-electron chi connectivity index (χ3n) is 4.70. The molecule has 0 atom stereocenters. The summed E-state index contributed by atoms with van der Waals surface area (Å²) in [6.07, 6.45) is 0.705. The molecule has 0 spiro atoms. The van der Waals surface area contributed by atoms with Crippen molar-refractivity contribution in [1.29, 1.82) is 0 Å². The first-order valence-corrected chi connectivity index (χ1v) is 11.1. The van der Waals surface area contributed by atoms with Gasteiger partial charge < -0.3 is 4.74 Å². The van der Waals surface area contributed by atoms with E-state index in [1.165, 1.54) is 46.0 Å². The molecule has 0 radical (unpaired) electrons. The zero-order chi connectivity index (χ0) is 20.6. The van der Waals surface area contributed by atoms with Gasteiger partial charge in [-0.2, -0.15) is 9.29 Å². The Bertz CT molecular complexity index is 1160. The standard InChI is InChI=1S/C18H16FN3O5S2/c19-15-2-1-3-16-17(15)20-18(28-16)27-13-8-10-21(11-9-13)29(25,26)14-6-4-12(5-7-14)22(23)24/h1-7,13H,8-11H2. The largest absolute Gasteiger partial charge is 0.467 e. The third-order valence-corrected chi connectivity index (χ3v) is 7.53. The number of thiazole rings is 1. The Kier molecular flexibility index (Phi) is 5.19. The molecule has 1 aliphatic rings. The van der Waals surface area contributed by atoms with E-state index in [0.29, 0.717) is 22.7 Å². The lowest BCUT2D eigenvalue weighted by molar-refractivity contribution is -0.384. The second-order valence-corrected chi connectivity index (χ2v) is 9.47. The van der Waals surface area contributed by atoms with E-state index in [4.69, 9.17) is 4.74 Å². The van der Waals surface area contributed by atoms with Crippen LogP contribution < -0.4 is 4.74 Å². The second-order valence-electron chi connectivity index (χ2n) is 6.54. The molecule has 8 nitrogen and oxygen atoms in total. The van der Waals surface area contributed by atoms with Crippen LogP contribution in [-0.2, 0) is 10.0 Å². The third kappa shape index (κ3) is 3.93. The van der Waals surface area contributed by atoms with Crippen molar-refractivity contribution in [1.82, 2.24) is 9.29 Å². The van der Waals surface area contributed by atoms with Crippen molar-refractivity contribution in [2.45, 2.75) is 23.8 Å². The van der Waals surface area contributed by atoms with Crippen molar-refractivity contribution >= 4 is 37.3 Å². The molecule has 2 heterocycles. The van der Waals surface area contributed by atoms with Crippen LogP contribution in [-0.4, -0.2) is 41.8 Å². The van der Waals surface area contributed by atoms with Gasteiger partial charge in [0.05, 0.1) is 14.5 Å². The van der Waals surface area contributed by atoms with Gasteiger partial charge in [0.15, 0.2) is 0 Å². The quantitative estimate of drug-likeness (QED) is 0.447. The Labute approximate surface area is 169 Å². The lowest BCUT2D eigenvalue weighted by Crippen LogP contribution is -2.41. The molecule has 29 heavy (non-hydrogen) atoms. The van der Waals surface area contributed by atoms with Crippen molar-refractivity contribution in [3.63, 3.8) is 0 Å². The number of piperidine rings is 1. The molecule has 2 aromatic carbocycles. The number of fused-ring (bicyclic) bond motifs is 1. The Morgan fingerprint density at radius 2 is 1.86 bits per heavy atom. The first-order valence-electron chi connectivity index (χ1n) is 8.81. The van der Waals surface area contributed by atoms with Crippen LogP contribution in [0.2, 0.25) is 0 Å². The average molecular weight is 437 g/mol. The summed E-state index contributed by atoms with van der Waals surface area (Å²) in [5, 5.41) is 11.1. The maximum Gasteiger partial charge on any atom is 0.274 e. The van der Waals surface area contributed by atoms with E-state index in [0.717, 1.165) is 0 Å². The lowest BCUT2D eigenvalue weighted by Gasteiger charge is -2.30. The SMILES string of the molecule is O=[N+]([O-])c1ccc(S(=O)(=O)N2CCC(Oc3nc4c(F)cccc4s3)CC2)cc1.